The van der Waals surface area contributed by atoms with Crippen LogP contribution in [0.5, 0.6) is 11.6 Å². The third-order valence-corrected chi connectivity index (χ3v) is 3.22. The molecule has 2 aromatic rings. The smallest absolute Gasteiger partial charge is 0.312 e. The van der Waals surface area contributed by atoms with Crippen LogP contribution < -0.4 is 4.74 Å². The van der Waals surface area contributed by atoms with Crippen molar-refractivity contribution in [1.82, 2.24) is 4.98 Å². The van der Waals surface area contributed by atoms with E-state index in [9.17, 15) is 15.2 Å². The predicted molar refractivity (Wildman–Crippen MR) is 75.7 cm³/mol. The number of nitrogens with zero attached hydrogens (tertiary/aromatic N) is 2. The van der Waals surface area contributed by atoms with Crippen molar-refractivity contribution < 1.29 is 14.8 Å². The number of halogens is 1. The number of hydrogen-bond acceptors (Lipinski definition) is 5. The summed E-state index contributed by atoms with van der Waals surface area (Å²) in [5.74, 6) is 0.190. The zero-order valence-electron chi connectivity index (χ0n) is 10.5. The van der Waals surface area contributed by atoms with E-state index >= 15 is 0 Å². The van der Waals surface area contributed by atoms with Gasteiger partial charge < -0.3 is 9.84 Å². The van der Waals surface area contributed by atoms with E-state index in [2.05, 4.69) is 20.9 Å². The van der Waals surface area contributed by atoms with Gasteiger partial charge in [-0.15, -0.1) is 0 Å². The molecule has 20 heavy (non-hydrogen) atoms. The molecule has 1 aromatic heterocycles. The Balaban J connectivity index is 2.48. The van der Waals surface area contributed by atoms with Crippen LogP contribution >= 0.6 is 15.9 Å². The molecule has 0 aliphatic rings. The van der Waals surface area contributed by atoms with E-state index in [0.29, 0.717) is 10.0 Å². The fraction of sp³-hybridized carbons (Fsp3) is 0.154. The van der Waals surface area contributed by atoms with Gasteiger partial charge in [0.15, 0.2) is 0 Å². The van der Waals surface area contributed by atoms with Gasteiger partial charge >= 0.3 is 5.69 Å². The third kappa shape index (κ3) is 2.94. The fourth-order valence-corrected chi connectivity index (χ4v) is 2.08. The van der Waals surface area contributed by atoms with Crippen LogP contribution in [0, 0.1) is 10.1 Å². The van der Waals surface area contributed by atoms with Gasteiger partial charge in [0.2, 0.25) is 11.6 Å². The van der Waals surface area contributed by atoms with Crippen LogP contribution in [0.3, 0.4) is 0 Å². The maximum atomic E-state index is 11.0. The molecule has 0 aliphatic heterocycles. The van der Waals surface area contributed by atoms with Gasteiger partial charge in [-0.25, -0.2) is 4.98 Å². The Kier molecular flexibility index (Phi) is 4.31. The molecular weight excluding hydrogens is 328 g/mol. The number of hydrogen-bond donors (Lipinski definition) is 1. The molecule has 1 heterocycles. The van der Waals surface area contributed by atoms with Crippen LogP contribution in [0.4, 0.5) is 5.69 Å². The Labute approximate surface area is 123 Å². The first kappa shape index (κ1) is 14.4. The van der Waals surface area contributed by atoms with Gasteiger partial charge in [0.25, 0.3) is 0 Å². The van der Waals surface area contributed by atoms with Crippen molar-refractivity contribution in [2.75, 3.05) is 0 Å². The molecule has 2 rings (SSSR count). The van der Waals surface area contributed by atoms with Gasteiger partial charge in [0.1, 0.15) is 0 Å². The Morgan fingerprint density at radius 1 is 1.40 bits per heavy atom. The van der Waals surface area contributed by atoms with Crippen molar-refractivity contribution in [3.05, 3.63) is 56.7 Å². The van der Waals surface area contributed by atoms with Crippen molar-refractivity contribution in [2.24, 2.45) is 0 Å². The summed E-state index contributed by atoms with van der Waals surface area (Å²) < 4.78 is 5.97. The van der Waals surface area contributed by atoms with Gasteiger partial charge in [-0.2, -0.15) is 0 Å². The lowest BCUT2D eigenvalue weighted by atomic mass is 10.2. The van der Waals surface area contributed by atoms with Crippen LogP contribution in [0.25, 0.3) is 0 Å². The molecule has 1 atom stereocenters. The number of aliphatic hydroxyl groups is 1. The summed E-state index contributed by atoms with van der Waals surface area (Å²) in [6.45, 7) is 1.57. The van der Waals surface area contributed by atoms with Crippen molar-refractivity contribution in [1.29, 1.82) is 0 Å². The van der Waals surface area contributed by atoms with Gasteiger partial charge in [0.05, 0.1) is 15.5 Å². The standard InChI is InChI=1S/C13H11BrN2O4/c1-8(17)9-4-3-7-15-13(9)20-12-10(14)5-2-6-11(12)16(18)19/h2-8,17H,1H3/t8-/m0/s1. The summed E-state index contributed by atoms with van der Waals surface area (Å²) in [5.41, 5.74) is 0.277. The molecule has 0 spiro atoms. The Morgan fingerprint density at radius 2 is 2.15 bits per heavy atom. The van der Waals surface area contributed by atoms with Crippen molar-refractivity contribution in [3.63, 3.8) is 0 Å². The average Bonchev–Trinajstić information content (AvgIpc) is 2.41. The van der Waals surface area contributed by atoms with Crippen LogP contribution in [-0.4, -0.2) is 15.0 Å². The molecule has 6 nitrogen and oxygen atoms in total. The summed E-state index contributed by atoms with van der Waals surface area (Å²) in [7, 11) is 0. The molecule has 0 unspecified atom stereocenters. The van der Waals surface area contributed by atoms with E-state index in [-0.39, 0.29) is 17.3 Å². The topological polar surface area (TPSA) is 85.5 Å². The molecule has 0 aliphatic carbocycles. The molecule has 0 amide bonds. The number of pyridine rings is 1. The number of aromatic nitrogens is 1. The van der Waals surface area contributed by atoms with Crippen molar-refractivity contribution >= 4 is 21.6 Å². The normalized spacial score (nSPS) is 11.9. The SMILES string of the molecule is C[C@H](O)c1cccnc1Oc1c(Br)cccc1[N+](=O)[O-]. The Hall–Kier alpha value is -1.99. The number of benzene rings is 1. The van der Waals surface area contributed by atoms with Crippen LogP contribution in [0.2, 0.25) is 0 Å². The average molecular weight is 339 g/mol. The van der Waals surface area contributed by atoms with Gasteiger partial charge in [-0.1, -0.05) is 6.07 Å². The highest BCUT2D eigenvalue weighted by molar-refractivity contribution is 9.10. The van der Waals surface area contributed by atoms with Gasteiger partial charge in [-0.3, -0.25) is 10.1 Å². The summed E-state index contributed by atoms with van der Waals surface area (Å²) in [4.78, 5) is 14.5. The lowest BCUT2D eigenvalue weighted by molar-refractivity contribution is -0.385. The largest absolute Gasteiger partial charge is 0.430 e. The second kappa shape index (κ2) is 5.98. The molecule has 1 aromatic carbocycles. The molecule has 0 saturated carbocycles. The van der Waals surface area contributed by atoms with E-state index in [0.717, 1.165) is 0 Å². The monoisotopic (exact) mass is 338 g/mol. The molecule has 1 N–H and O–H groups in total. The lowest BCUT2D eigenvalue weighted by Crippen LogP contribution is -2.00. The minimum absolute atomic E-state index is 0.0538. The first-order valence-electron chi connectivity index (χ1n) is 5.74. The summed E-state index contributed by atoms with van der Waals surface area (Å²) in [6, 6.07) is 7.82. The van der Waals surface area contributed by atoms with Gasteiger partial charge in [0, 0.05) is 17.8 Å². The van der Waals surface area contributed by atoms with E-state index in [4.69, 9.17) is 4.74 Å². The number of rotatable bonds is 4. The zero-order chi connectivity index (χ0) is 14.7. The third-order valence-electron chi connectivity index (χ3n) is 2.59. The fourth-order valence-electron chi connectivity index (χ4n) is 1.65. The second-order valence-corrected chi connectivity index (χ2v) is 4.88. The number of nitro benzene ring substituents is 1. The quantitative estimate of drug-likeness (QED) is 0.679. The molecule has 0 radical (unpaired) electrons. The summed E-state index contributed by atoms with van der Waals surface area (Å²) >= 11 is 3.21. The van der Waals surface area contributed by atoms with E-state index < -0.39 is 11.0 Å². The van der Waals surface area contributed by atoms with Crippen molar-refractivity contribution in [3.8, 4) is 11.6 Å². The van der Waals surface area contributed by atoms with Gasteiger partial charge in [-0.05, 0) is 41.1 Å². The molecule has 7 heteroatoms. The maximum Gasteiger partial charge on any atom is 0.312 e. The van der Waals surface area contributed by atoms with Crippen LogP contribution in [0.15, 0.2) is 41.0 Å². The highest BCUT2D eigenvalue weighted by atomic mass is 79.9. The number of aliphatic hydroxyl groups excluding tert-OH is 1. The molecule has 0 bridgehead atoms. The zero-order valence-corrected chi connectivity index (χ0v) is 12.1. The molecular formula is C13H11BrN2O4. The first-order valence-corrected chi connectivity index (χ1v) is 6.53. The molecule has 0 saturated heterocycles. The predicted octanol–water partition coefficient (Wildman–Crippen LogP) is 3.60. The minimum Gasteiger partial charge on any atom is -0.430 e. The maximum absolute atomic E-state index is 11.0. The van der Waals surface area contributed by atoms with E-state index in [1.807, 2.05) is 0 Å². The molecule has 104 valence electrons. The minimum atomic E-state index is -0.791. The first-order chi connectivity index (χ1) is 9.50. The summed E-state index contributed by atoms with van der Waals surface area (Å²) in [6.07, 6.45) is 0.699. The highest BCUT2D eigenvalue weighted by Gasteiger charge is 2.21. The van der Waals surface area contributed by atoms with E-state index in [1.165, 1.54) is 12.3 Å². The van der Waals surface area contributed by atoms with E-state index in [1.54, 1.807) is 31.2 Å². The Bertz CT molecular complexity index is 646. The summed E-state index contributed by atoms with van der Waals surface area (Å²) in [5, 5.41) is 20.7. The molecule has 0 fully saturated rings. The lowest BCUT2D eigenvalue weighted by Gasteiger charge is -2.12. The number of para-hydroxylation sites is 1. The highest BCUT2D eigenvalue weighted by Crippen LogP contribution is 2.38. The Morgan fingerprint density at radius 3 is 2.80 bits per heavy atom. The number of ether oxygens (including phenoxy) is 1. The second-order valence-electron chi connectivity index (χ2n) is 4.02. The van der Waals surface area contributed by atoms with Crippen molar-refractivity contribution in [2.45, 2.75) is 13.0 Å². The van der Waals surface area contributed by atoms with Crippen LogP contribution in [0.1, 0.15) is 18.6 Å². The van der Waals surface area contributed by atoms with Crippen LogP contribution in [-0.2, 0) is 0 Å². The number of nitro groups is 1.